The summed E-state index contributed by atoms with van der Waals surface area (Å²) in [6.45, 7) is 2.02. The molecule has 3 rings (SSSR count). The number of nitrogens with one attached hydrogen (secondary N) is 1. The molecule has 27 heavy (non-hydrogen) atoms. The van der Waals surface area contributed by atoms with Crippen LogP contribution in [0.3, 0.4) is 0 Å². The lowest BCUT2D eigenvalue weighted by Crippen LogP contribution is -2.07. The third-order valence-corrected chi connectivity index (χ3v) is 3.87. The van der Waals surface area contributed by atoms with Crippen molar-refractivity contribution < 1.29 is 14.3 Å². The molecule has 0 fully saturated rings. The van der Waals surface area contributed by atoms with Gasteiger partial charge in [0, 0.05) is 11.8 Å². The third kappa shape index (κ3) is 5.47. The van der Waals surface area contributed by atoms with Gasteiger partial charge in [0.2, 0.25) is 5.91 Å². The van der Waals surface area contributed by atoms with E-state index in [2.05, 4.69) is 5.32 Å². The number of rotatable bonds is 6. The van der Waals surface area contributed by atoms with E-state index in [0.717, 1.165) is 22.6 Å². The number of ether oxygens (including phenoxy) is 2. The molecule has 3 aromatic rings. The topological polar surface area (TPSA) is 47.6 Å². The first-order valence-electron chi connectivity index (χ1n) is 8.60. The molecule has 0 saturated carbocycles. The number of anilines is 1. The second-order valence-corrected chi connectivity index (χ2v) is 6.04. The molecule has 3 aromatic carbocycles. The Balaban J connectivity index is 1.58. The molecule has 0 spiro atoms. The maximum atomic E-state index is 12.1. The van der Waals surface area contributed by atoms with Gasteiger partial charge in [0.25, 0.3) is 0 Å². The minimum Gasteiger partial charge on any atom is -0.497 e. The van der Waals surface area contributed by atoms with Crippen molar-refractivity contribution in [1.82, 2.24) is 0 Å². The van der Waals surface area contributed by atoms with E-state index in [4.69, 9.17) is 9.47 Å². The molecule has 0 saturated heterocycles. The molecule has 0 heterocycles. The second kappa shape index (κ2) is 8.72. The molecular formula is C23H21NO3. The zero-order chi connectivity index (χ0) is 19.1. The molecule has 1 N–H and O–H groups in total. The van der Waals surface area contributed by atoms with Crippen molar-refractivity contribution in [2.45, 2.75) is 6.92 Å². The maximum absolute atomic E-state index is 12.1. The molecule has 136 valence electrons. The Hall–Kier alpha value is -3.53. The van der Waals surface area contributed by atoms with E-state index >= 15 is 0 Å². The molecular weight excluding hydrogens is 338 g/mol. The van der Waals surface area contributed by atoms with Crippen LogP contribution in [-0.4, -0.2) is 13.0 Å². The lowest BCUT2D eigenvalue weighted by Gasteiger charge is -2.08. The van der Waals surface area contributed by atoms with Crippen LogP contribution >= 0.6 is 0 Å². The van der Waals surface area contributed by atoms with E-state index in [1.807, 2.05) is 79.7 Å². The largest absolute Gasteiger partial charge is 0.497 e. The predicted molar refractivity (Wildman–Crippen MR) is 108 cm³/mol. The molecule has 0 aromatic heterocycles. The van der Waals surface area contributed by atoms with Gasteiger partial charge in [-0.05, 0) is 72.7 Å². The smallest absolute Gasteiger partial charge is 0.248 e. The Morgan fingerprint density at radius 2 is 1.63 bits per heavy atom. The number of hydrogen-bond acceptors (Lipinski definition) is 3. The van der Waals surface area contributed by atoms with Gasteiger partial charge in [-0.15, -0.1) is 0 Å². The number of hydrogen-bond donors (Lipinski definition) is 1. The van der Waals surface area contributed by atoms with Crippen LogP contribution in [0, 0.1) is 6.92 Å². The first-order chi connectivity index (χ1) is 13.1. The van der Waals surface area contributed by atoms with Crippen LogP contribution in [0.15, 0.2) is 78.9 Å². The summed E-state index contributed by atoms with van der Waals surface area (Å²) >= 11 is 0. The fourth-order valence-electron chi connectivity index (χ4n) is 2.52. The van der Waals surface area contributed by atoms with Gasteiger partial charge in [-0.3, -0.25) is 4.79 Å². The van der Waals surface area contributed by atoms with Gasteiger partial charge in [0.1, 0.15) is 17.2 Å². The highest BCUT2D eigenvalue weighted by molar-refractivity contribution is 6.01. The Bertz CT molecular complexity index is 946. The monoisotopic (exact) mass is 359 g/mol. The van der Waals surface area contributed by atoms with E-state index < -0.39 is 0 Å². The molecule has 4 nitrogen and oxygen atoms in total. The average molecular weight is 359 g/mol. The Morgan fingerprint density at radius 1 is 0.889 bits per heavy atom. The Kier molecular flexibility index (Phi) is 5.90. The zero-order valence-corrected chi connectivity index (χ0v) is 15.3. The molecule has 0 unspecified atom stereocenters. The molecule has 0 bridgehead atoms. The quantitative estimate of drug-likeness (QED) is 0.596. The van der Waals surface area contributed by atoms with E-state index in [1.165, 1.54) is 6.08 Å². The second-order valence-electron chi connectivity index (χ2n) is 6.04. The van der Waals surface area contributed by atoms with Crippen molar-refractivity contribution >= 4 is 17.7 Å². The zero-order valence-electron chi connectivity index (χ0n) is 15.3. The van der Waals surface area contributed by atoms with Crippen molar-refractivity contribution in [2.75, 3.05) is 12.4 Å². The fraction of sp³-hybridized carbons (Fsp3) is 0.0870. The first-order valence-corrected chi connectivity index (χ1v) is 8.60. The number of methoxy groups -OCH3 is 1. The minimum absolute atomic E-state index is 0.204. The van der Waals surface area contributed by atoms with E-state index in [0.29, 0.717) is 11.4 Å². The van der Waals surface area contributed by atoms with Crippen LogP contribution in [0.2, 0.25) is 0 Å². The highest BCUT2D eigenvalue weighted by Gasteiger charge is 2.01. The number of aryl methyl sites for hydroxylation is 1. The van der Waals surface area contributed by atoms with Gasteiger partial charge in [-0.2, -0.15) is 0 Å². The molecule has 0 aliphatic heterocycles. The summed E-state index contributed by atoms with van der Waals surface area (Å²) in [6, 6.07) is 22.6. The first kappa shape index (κ1) is 18.3. The average Bonchev–Trinajstić information content (AvgIpc) is 2.68. The summed E-state index contributed by atoms with van der Waals surface area (Å²) in [6.07, 6.45) is 3.24. The van der Waals surface area contributed by atoms with Crippen LogP contribution in [0.5, 0.6) is 17.2 Å². The summed E-state index contributed by atoms with van der Waals surface area (Å²) in [5, 5.41) is 2.83. The van der Waals surface area contributed by atoms with Crippen LogP contribution in [0.25, 0.3) is 6.08 Å². The van der Waals surface area contributed by atoms with Gasteiger partial charge >= 0.3 is 0 Å². The molecule has 0 aliphatic rings. The van der Waals surface area contributed by atoms with Crippen molar-refractivity contribution in [3.63, 3.8) is 0 Å². The van der Waals surface area contributed by atoms with E-state index in [9.17, 15) is 4.79 Å². The highest BCUT2D eigenvalue weighted by Crippen LogP contribution is 2.23. The molecule has 0 atom stereocenters. The number of carbonyl (C=O) groups is 1. The summed E-state index contributed by atoms with van der Waals surface area (Å²) in [4.78, 5) is 12.1. The summed E-state index contributed by atoms with van der Waals surface area (Å²) in [7, 11) is 1.61. The van der Waals surface area contributed by atoms with Crippen molar-refractivity contribution in [3.8, 4) is 17.2 Å². The Labute approximate surface area is 159 Å². The van der Waals surface area contributed by atoms with Crippen LogP contribution < -0.4 is 14.8 Å². The maximum Gasteiger partial charge on any atom is 0.248 e. The van der Waals surface area contributed by atoms with E-state index in [1.54, 1.807) is 13.2 Å². The lowest BCUT2D eigenvalue weighted by atomic mass is 10.2. The summed E-state index contributed by atoms with van der Waals surface area (Å²) < 4.78 is 11.0. The predicted octanol–water partition coefficient (Wildman–Crippen LogP) is 5.45. The number of carbonyl (C=O) groups excluding carboxylic acids is 1. The minimum atomic E-state index is -0.204. The Morgan fingerprint density at radius 3 is 2.37 bits per heavy atom. The van der Waals surface area contributed by atoms with E-state index in [-0.39, 0.29) is 5.91 Å². The third-order valence-electron chi connectivity index (χ3n) is 3.87. The van der Waals surface area contributed by atoms with Gasteiger partial charge < -0.3 is 14.8 Å². The summed E-state index contributed by atoms with van der Waals surface area (Å²) in [5.41, 5.74) is 2.73. The van der Waals surface area contributed by atoms with Crippen LogP contribution in [-0.2, 0) is 4.79 Å². The molecule has 4 heteroatoms. The number of benzene rings is 3. The normalized spacial score (nSPS) is 10.6. The van der Waals surface area contributed by atoms with Gasteiger partial charge in [-0.25, -0.2) is 0 Å². The van der Waals surface area contributed by atoms with Gasteiger partial charge in [0.05, 0.1) is 7.11 Å². The molecule has 0 aliphatic carbocycles. The van der Waals surface area contributed by atoms with Crippen molar-refractivity contribution in [1.29, 1.82) is 0 Å². The molecule has 1 amide bonds. The lowest BCUT2D eigenvalue weighted by molar-refractivity contribution is -0.111. The van der Waals surface area contributed by atoms with Gasteiger partial charge in [-0.1, -0.05) is 24.3 Å². The van der Waals surface area contributed by atoms with Crippen molar-refractivity contribution in [2.24, 2.45) is 0 Å². The SMILES string of the molecule is COc1cccc(/C=C/C(=O)Nc2ccc(Oc3cccc(C)c3)cc2)c1. The van der Waals surface area contributed by atoms with Crippen molar-refractivity contribution in [3.05, 3.63) is 90.0 Å². The van der Waals surface area contributed by atoms with Crippen LogP contribution in [0.4, 0.5) is 5.69 Å². The summed E-state index contributed by atoms with van der Waals surface area (Å²) in [5.74, 6) is 2.05. The number of amides is 1. The fourth-order valence-corrected chi connectivity index (χ4v) is 2.52. The van der Waals surface area contributed by atoms with Gasteiger partial charge in [0.15, 0.2) is 0 Å². The highest BCUT2D eigenvalue weighted by atomic mass is 16.5. The standard InChI is InChI=1S/C23H21NO3/c1-17-5-3-8-22(15-17)27-20-12-10-19(11-13-20)24-23(25)14-9-18-6-4-7-21(16-18)26-2/h3-16H,1-2H3,(H,24,25)/b14-9+. The molecule has 0 radical (unpaired) electrons. The van der Waals surface area contributed by atoms with Crippen LogP contribution in [0.1, 0.15) is 11.1 Å².